The molecule has 0 aliphatic rings. The van der Waals surface area contributed by atoms with Gasteiger partial charge in [-0.2, -0.15) is 0 Å². The highest BCUT2D eigenvalue weighted by molar-refractivity contribution is 5.18. The second-order valence-electron chi connectivity index (χ2n) is 5.51. The van der Waals surface area contributed by atoms with E-state index < -0.39 is 0 Å². The maximum atomic E-state index is 13.8. The fraction of sp³-hybridized carbons (Fsp3) is 0.412. The van der Waals surface area contributed by atoms with E-state index in [1.54, 1.807) is 12.3 Å². The Balaban J connectivity index is 2.03. The van der Waals surface area contributed by atoms with Crippen molar-refractivity contribution in [2.24, 2.45) is 5.92 Å². The van der Waals surface area contributed by atoms with Gasteiger partial charge in [0.25, 0.3) is 0 Å². The van der Waals surface area contributed by atoms with Gasteiger partial charge in [-0.05, 0) is 42.6 Å². The summed E-state index contributed by atoms with van der Waals surface area (Å²) in [5, 5.41) is 3.43. The summed E-state index contributed by atoms with van der Waals surface area (Å²) in [6.07, 6.45) is 3.22. The van der Waals surface area contributed by atoms with Gasteiger partial charge in [-0.1, -0.05) is 32.0 Å². The molecule has 0 bridgehead atoms. The first kappa shape index (κ1) is 14.8. The van der Waals surface area contributed by atoms with Crippen LogP contribution in [0.3, 0.4) is 0 Å². The van der Waals surface area contributed by atoms with Crippen molar-refractivity contribution >= 4 is 0 Å². The molecule has 0 amide bonds. The molecule has 1 heterocycles. The molecule has 0 aliphatic carbocycles. The fourth-order valence-electron chi connectivity index (χ4n) is 2.31. The Bertz CT molecular complexity index is 507. The van der Waals surface area contributed by atoms with Crippen molar-refractivity contribution in [2.75, 3.05) is 6.54 Å². The number of benzene rings is 1. The second-order valence-corrected chi connectivity index (χ2v) is 5.51. The molecule has 108 valence electrons. The molecule has 0 radical (unpaired) electrons. The van der Waals surface area contributed by atoms with Gasteiger partial charge in [0.2, 0.25) is 0 Å². The molecule has 3 heteroatoms. The third-order valence-electron chi connectivity index (χ3n) is 3.35. The van der Waals surface area contributed by atoms with E-state index in [4.69, 9.17) is 4.42 Å². The second kappa shape index (κ2) is 7.25. The number of furan rings is 1. The summed E-state index contributed by atoms with van der Waals surface area (Å²) < 4.78 is 19.2. The average Bonchev–Trinajstić information content (AvgIpc) is 2.91. The van der Waals surface area contributed by atoms with Crippen LogP contribution in [0.25, 0.3) is 0 Å². The Hall–Kier alpha value is -1.61. The van der Waals surface area contributed by atoms with Crippen LogP contribution in [0.15, 0.2) is 47.1 Å². The molecule has 2 nitrogen and oxygen atoms in total. The summed E-state index contributed by atoms with van der Waals surface area (Å²) >= 11 is 0. The number of nitrogens with one attached hydrogen (secondary N) is 1. The first-order chi connectivity index (χ1) is 9.65. The molecule has 0 fully saturated rings. The lowest BCUT2D eigenvalue weighted by Gasteiger charge is -2.19. The maximum Gasteiger partial charge on any atom is 0.126 e. The van der Waals surface area contributed by atoms with Crippen LogP contribution in [0.5, 0.6) is 0 Å². The van der Waals surface area contributed by atoms with Crippen LogP contribution in [0.2, 0.25) is 0 Å². The van der Waals surface area contributed by atoms with E-state index in [1.807, 2.05) is 24.3 Å². The lowest BCUT2D eigenvalue weighted by atomic mass is 9.94. The number of rotatable bonds is 7. The number of hydrogen-bond acceptors (Lipinski definition) is 2. The highest BCUT2D eigenvalue weighted by atomic mass is 19.1. The number of halogens is 1. The summed E-state index contributed by atoms with van der Waals surface area (Å²) in [6, 6.07) is 11.3. The molecule has 0 saturated heterocycles. The molecule has 0 aliphatic heterocycles. The predicted molar refractivity (Wildman–Crippen MR) is 79.1 cm³/mol. The Morgan fingerprint density at radius 3 is 2.55 bits per heavy atom. The average molecular weight is 275 g/mol. The lowest BCUT2D eigenvalue weighted by Crippen LogP contribution is -2.31. The minimum absolute atomic E-state index is 0.124. The molecule has 2 aromatic rings. The minimum Gasteiger partial charge on any atom is -0.469 e. The molecule has 1 aromatic heterocycles. The van der Waals surface area contributed by atoms with Crippen LogP contribution >= 0.6 is 0 Å². The van der Waals surface area contributed by atoms with Crippen LogP contribution in [0.4, 0.5) is 4.39 Å². The molecule has 1 unspecified atom stereocenters. The van der Waals surface area contributed by atoms with E-state index in [0.29, 0.717) is 18.4 Å². The zero-order valence-electron chi connectivity index (χ0n) is 12.1. The van der Waals surface area contributed by atoms with Gasteiger partial charge < -0.3 is 9.73 Å². The van der Waals surface area contributed by atoms with E-state index in [2.05, 4.69) is 19.2 Å². The fourth-order valence-corrected chi connectivity index (χ4v) is 2.31. The summed E-state index contributed by atoms with van der Waals surface area (Å²) in [7, 11) is 0. The van der Waals surface area contributed by atoms with Crippen molar-refractivity contribution < 1.29 is 8.81 Å². The highest BCUT2D eigenvalue weighted by Gasteiger charge is 2.15. The molecule has 20 heavy (non-hydrogen) atoms. The van der Waals surface area contributed by atoms with E-state index in [0.717, 1.165) is 24.3 Å². The molecule has 2 rings (SSSR count). The smallest absolute Gasteiger partial charge is 0.126 e. The number of hydrogen-bond donors (Lipinski definition) is 1. The molecule has 0 spiro atoms. The van der Waals surface area contributed by atoms with E-state index in [1.165, 1.54) is 6.07 Å². The van der Waals surface area contributed by atoms with Crippen molar-refractivity contribution in [3.05, 3.63) is 59.8 Å². The van der Waals surface area contributed by atoms with Crippen molar-refractivity contribution in [1.82, 2.24) is 5.32 Å². The van der Waals surface area contributed by atoms with Gasteiger partial charge in [-0.25, -0.2) is 4.39 Å². The highest BCUT2D eigenvalue weighted by Crippen LogP contribution is 2.17. The van der Waals surface area contributed by atoms with Gasteiger partial charge >= 0.3 is 0 Å². The van der Waals surface area contributed by atoms with Crippen LogP contribution in [0.1, 0.15) is 25.2 Å². The van der Waals surface area contributed by atoms with E-state index >= 15 is 0 Å². The van der Waals surface area contributed by atoms with Gasteiger partial charge in [0.15, 0.2) is 0 Å². The Morgan fingerprint density at radius 1 is 1.10 bits per heavy atom. The molecular formula is C17H22FNO. The molecular weight excluding hydrogens is 253 g/mol. The van der Waals surface area contributed by atoms with Crippen molar-refractivity contribution in [1.29, 1.82) is 0 Å². The molecule has 1 N–H and O–H groups in total. The Kier molecular flexibility index (Phi) is 5.36. The van der Waals surface area contributed by atoms with Crippen molar-refractivity contribution in [2.45, 2.75) is 32.7 Å². The molecule has 1 atom stereocenters. The van der Waals surface area contributed by atoms with Gasteiger partial charge in [-0.15, -0.1) is 0 Å². The van der Waals surface area contributed by atoms with Gasteiger partial charge in [0.1, 0.15) is 11.6 Å². The van der Waals surface area contributed by atoms with E-state index in [9.17, 15) is 4.39 Å². The topological polar surface area (TPSA) is 25.2 Å². The largest absolute Gasteiger partial charge is 0.469 e. The van der Waals surface area contributed by atoms with Gasteiger partial charge in [-0.3, -0.25) is 0 Å². The normalized spacial score (nSPS) is 12.8. The molecule has 0 saturated carbocycles. The van der Waals surface area contributed by atoms with Gasteiger partial charge in [0.05, 0.1) is 6.26 Å². The monoisotopic (exact) mass is 275 g/mol. The third kappa shape index (κ3) is 4.49. The molecule has 1 aromatic carbocycles. The summed E-state index contributed by atoms with van der Waals surface area (Å²) in [4.78, 5) is 0. The summed E-state index contributed by atoms with van der Waals surface area (Å²) in [5.74, 6) is 1.15. The first-order valence-corrected chi connectivity index (χ1v) is 7.14. The predicted octanol–water partition coefficient (Wildman–Crippen LogP) is 3.82. The quantitative estimate of drug-likeness (QED) is 0.831. The maximum absolute atomic E-state index is 13.8. The van der Waals surface area contributed by atoms with E-state index in [-0.39, 0.29) is 5.82 Å². The SMILES string of the molecule is CC(C)NCC(Cc1ccco1)Cc1ccccc1F. The summed E-state index contributed by atoms with van der Waals surface area (Å²) in [5.41, 5.74) is 0.773. The lowest BCUT2D eigenvalue weighted by molar-refractivity contribution is 0.398. The van der Waals surface area contributed by atoms with Crippen LogP contribution in [-0.4, -0.2) is 12.6 Å². The van der Waals surface area contributed by atoms with Crippen molar-refractivity contribution in [3.63, 3.8) is 0 Å². The Labute approximate surface area is 120 Å². The standard InChI is InChI=1S/C17H22FNO/c1-13(2)19-12-14(11-16-7-5-9-20-16)10-15-6-3-4-8-17(15)18/h3-9,13-14,19H,10-12H2,1-2H3. The minimum atomic E-state index is -0.124. The third-order valence-corrected chi connectivity index (χ3v) is 3.35. The first-order valence-electron chi connectivity index (χ1n) is 7.14. The van der Waals surface area contributed by atoms with Crippen LogP contribution < -0.4 is 5.32 Å². The van der Waals surface area contributed by atoms with Gasteiger partial charge in [0, 0.05) is 12.5 Å². The Morgan fingerprint density at radius 2 is 1.90 bits per heavy atom. The zero-order valence-corrected chi connectivity index (χ0v) is 12.1. The zero-order chi connectivity index (χ0) is 14.4. The van der Waals surface area contributed by atoms with Crippen LogP contribution in [0, 0.1) is 11.7 Å². The summed E-state index contributed by atoms with van der Waals surface area (Å²) in [6.45, 7) is 5.09. The van der Waals surface area contributed by atoms with Crippen LogP contribution in [-0.2, 0) is 12.8 Å². The van der Waals surface area contributed by atoms with Crippen molar-refractivity contribution in [3.8, 4) is 0 Å².